The van der Waals surface area contributed by atoms with Gasteiger partial charge < -0.3 is 14.9 Å². The maximum absolute atomic E-state index is 7.62. The van der Waals surface area contributed by atoms with E-state index in [0.717, 1.165) is 33.8 Å². The first kappa shape index (κ1) is 23.7. The molecule has 0 spiro atoms. The van der Waals surface area contributed by atoms with Crippen LogP contribution in [0.3, 0.4) is 0 Å². The van der Waals surface area contributed by atoms with Crippen LogP contribution in [-0.4, -0.2) is 23.4 Å². The Hall–Kier alpha value is -3.92. The minimum Gasteiger partial charge on any atom is -0.456 e. The summed E-state index contributed by atoms with van der Waals surface area (Å²) in [6, 6.07) is 36.7. The topological polar surface area (TPSA) is 49.7 Å². The maximum Gasteiger partial charge on any atom is 0.134 e. The Kier molecular flexibility index (Phi) is 9.70. The molecule has 166 valence electrons. The second-order valence-electron chi connectivity index (χ2n) is 7.11. The monoisotopic (exact) mass is 436 g/mol. The van der Waals surface area contributed by atoms with Crippen molar-refractivity contribution in [1.82, 2.24) is 0 Å². The standard InChI is InChI=1S/C28H22O.C2H6O2/c1-3-11-23(12-4-1)19-21-25-15-7-9-17-27(25)29-28-18-10-8-16-26(28)22-20-24-13-5-2-6-14-24;3-1-2-4/h1-22H;3-4H,1-2H2. The van der Waals surface area contributed by atoms with E-state index < -0.39 is 0 Å². The van der Waals surface area contributed by atoms with Crippen molar-refractivity contribution >= 4 is 24.3 Å². The third kappa shape index (κ3) is 7.93. The predicted octanol–water partition coefficient (Wildman–Crippen LogP) is 6.79. The normalized spacial score (nSPS) is 10.7. The van der Waals surface area contributed by atoms with E-state index in [0.29, 0.717) is 0 Å². The molecule has 0 amide bonds. The predicted molar refractivity (Wildman–Crippen MR) is 138 cm³/mol. The van der Waals surface area contributed by atoms with Gasteiger partial charge in [-0.2, -0.15) is 0 Å². The Morgan fingerprint density at radius 2 is 0.818 bits per heavy atom. The highest BCUT2D eigenvalue weighted by Gasteiger charge is 2.05. The van der Waals surface area contributed by atoms with E-state index in [1.54, 1.807) is 0 Å². The van der Waals surface area contributed by atoms with E-state index >= 15 is 0 Å². The number of ether oxygens (including phenoxy) is 1. The number of rotatable bonds is 7. The minimum atomic E-state index is -0.125. The molecule has 4 aromatic rings. The number of hydrogen-bond donors (Lipinski definition) is 2. The lowest BCUT2D eigenvalue weighted by Crippen LogP contribution is -1.89. The first-order chi connectivity index (χ1) is 16.3. The van der Waals surface area contributed by atoms with Gasteiger partial charge in [0, 0.05) is 11.1 Å². The molecule has 4 rings (SSSR count). The molecular weight excluding hydrogens is 408 g/mol. The van der Waals surface area contributed by atoms with E-state index in [-0.39, 0.29) is 13.2 Å². The number of benzene rings is 4. The highest BCUT2D eigenvalue weighted by atomic mass is 16.5. The summed E-state index contributed by atoms with van der Waals surface area (Å²) in [5.41, 5.74) is 4.40. The van der Waals surface area contributed by atoms with E-state index in [4.69, 9.17) is 14.9 Å². The van der Waals surface area contributed by atoms with Crippen molar-refractivity contribution in [3.8, 4) is 11.5 Å². The molecule has 3 heteroatoms. The summed E-state index contributed by atoms with van der Waals surface area (Å²) < 4.78 is 6.31. The van der Waals surface area contributed by atoms with Gasteiger partial charge in [0.2, 0.25) is 0 Å². The van der Waals surface area contributed by atoms with Crippen molar-refractivity contribution in [1.29, 1.82) is 0 Å². The lowest BCUT2D eigenvalue weighted by atomic mass is 10.1. The summed E-state index contributed by atoms with van der Waals surface area (Å²) in [4.78, 5) is 0. The van der Waals surface area contributed by atoms with Gasteiger partial charge in [0.25, 0.3) is 0 Å². The van der Waals surface area contributed by atoms with E-state index in [9.17, 15) is 0 Å². The number of aliphatic hydroxyl groups is 2. The van der Waals surface area contributed by atoms with E-state index in [1.807, 2.05) is 72.8 Å². The summed E-state index contributed by atoms with van der Waals surface area (Å²) in [5.74, 6) is 1.67. The Bertz CT molecular complexity index is 1060. The molecule has 4 aromatic carbocycles. The van der Waals surface area contributed by atoms with Crippen LogP contribution in [0.1, 0.15) is 22.3 Å². The van der Waals surface area contributed by atoms with Crippen LogP contribution >= 0.6 is 0 Å². The zero-order valence-corrected chi connectivity index (χ0v) is 18.4. The Morgan fingerprint density at radius 1 is 0.455 bits per heavy atom. The molecule has 0 radical (unpaired) electrons. The van der Waals surface area contributed by atoms with Crippen molar-refractivity contribution in [2.45, 2.75) is 0 Å². The van der Waals surface area contributed by atoms with E-state index in [2.05, 4.69) is 60.7 Å². The fourth-order valence-corrected chi connectivity index (χ4v) is 3.04. The number of aliphatic hydroxyl groups excluding tert-OH is 2. The Morgan fingerprint density at radius 3 is 1.21 bits per heavy atom. The first-order valence-electron chi connectivity index (χ1n) is 10.8. The third-order valence-corrected chi connectivity index (χ3v) is 4.67. The van der Waals surface area contributed by atoms with Crippen molar-refractivity contribution in [3.05, 3.63) is 131 Å². The summed E-state index contributed by atoms with van der Waals surface area (Å²) in [5, 5.41) is 15.2. The fourth-order valence-electron chi connectivity index (χ4n) is 3.04. The maximum atomic E-state index is 7.62. The SMILES string of the molecule is C(=Cc1ccccc1Oc1ccccc1C=Cc1ccccc1)c1ccccc1.OCCO. The lowest BCUT2D eigenvalue weighted by Gasteiger charge is -2.11. The third-order valence-electron chi connectivity index (χ3n) is 4.67. The zero-order chi connectivity index (χ0) is 23.1. The van der Waals surface area contributed by atoms with Crippen molar-refractivity contribution in [3.63, 3.8) is 0 Å². The molecule has 0 aliphatic carbocycles. The molecule has 0 saturated heterocycles. The second-order valence-corrected chi connectivity index (χ2v) is 7.11. The molecule has 0 heterocycles. The van der Waals surface area contributed by atoms with Gasteiger partial charge in [0.15, 0.2) is 0 Å². The molecule has 33 heavy (non-hydrogen) atoms. The molecule has 0 unspecified atom stereocenters. The molecule has 3 nitrogen and oxygen atoms in total. The highest BCUT2D eigenvalue weighted by Crippen LogP contribution is 2.30. The minimum absolute atomic E-state index is 0.125. The van der Waals surface area contributed by atoms with Gasteiger partial charge in [-0.15, -0.1) is 0 Å². The van der Waals surface area contributed by atoms with Crippen LogP contribution in [0.2, 0.25) is 0 Å². The van der Waals surface area contributed by atoms with Crippen LogP contribution < -0.4 is 4.74 Å². The largest absolute Gasteiger partial charge is 0.456 e. The molecule has 0 atom stereocenters. The summed E-state index contributed by atoms with van der Waals surface area (Å²) >= 11 is 0. The molecule has 0 fully saturated rings. The second kappa shape index (κ2) is 13.5. The molecule has 0 aromatic heterocycles. The zero-order valence-electron chi connectivity index (χ0n) is 18.4. The summed E-state index contributed by atoms with van der Waals surface area (Å²) in [6.07, 6.45) is 8.38. The van der Waals surface area contributed by atoms with Crippen molar-refractivity contribution in [2.75, 3.05) is 13.2 Å². The van der Waals surface area contributed by atoms with Gasteiger partial charge in [0.1, 0.15) is 11.5 Å². The number of hydrogen-bond acceptors (Lipinski definition) is 3. The Balaban J connectivity index is 0.000000709. The number of para-hydroxylation sites is 2. The van der Waals surface area contributed by atoms with Gasteiger partial charge in [-0.05, 0) is 23.3 Å². The van der Waals surface area contributed by atoms with Gasteiger partial charge in [0.05, 0.1) is 13.2 Å². The fraction of sp³-hybridized carbons (Fsp3) is 0.0667. The lowest BCUT2D eigenvalue weighted by molar-refractivity contribution is 0.186. The van der Waals surface area contributed by atoms with Crippen LogP contribution in [0, 0.1) is 0 Å². The summed E-state index contributed by atoms with van der Waals surface area (Å²) in [6.45, 7) is -0.250. The van der Waals surface area contributed by atoms with Gasteiger partial charge >= 0.3 is 0 Å². The van der Waals surface area contributed by atoms with Crippen LogP contribution in [0.15, 0.2) is 109 Å². The molecule has 0 aliphatic heterocycles. The van der Waals surface area contributed by atoms with Gasteiger partial charge in [-0.25, -0.2) is 0 Å². The molecular formula is C30H28O3. The van der Waals surface area contributed by atoms with Gasteiger partial charge in [-0.3, -0.25) is 0 Å². The van der Waals surface area contributed by atoms with Crippen LogP contribution in [-0.2, 0) is 0 Å². The van der Waals surface area contributed by atoms with Crippen molar-refractivity contribution in [2.24, 2.45) is 0 Å². The molecule has 2 N–H and O–H groups in total. The van der Waals surface area contributed by atoms with Crippen LogP contribution in [0.5, 0.6) is 11.5 Å². The van der Waals surface area contributed by atoms with Crippen molar-refractivity contribution < 1.29 is 14.9 Å². The van der Waals surface area contributed by atoms with E-state index in [1.165, 1.54) is 0 Å². The van der Waals surface area contributed by atoms with Crippen LogP contribution in [0.25, 0.3) is 24.3 Å². The summed E-state index contributed by atoms with van der Waals surface area (Å²) in [7, 11) is 0. The quantitative estimate of drug-likeness (QED) is 0.314. The van der Waals surface area contributed by atoms with Crippen LogP contribution in [0.4, 0.5) is 0 Å². The molecule has 0 saturated carbocycles. The average Bonchev–Trinajstić information content (AvgIpc) is 2.89. The average molecular weight is 437 g/mol. The van der Waals surface area contributed by atoms with Gasteiger partial charge in [-0.1, -0.05) is 121 Å². The molecule has 0 aliphatic rings. The smallest absolute Gasteiger partial charge is 0.134 e. The first-order valence-corrected chi connectivity index (χ1v) is 10.8. The molecule has 0 bridgehead atoms. The Labute approximate surface area is 195 Å². The highest BCUT2D eigenvalue weighted by molar-refractivity contribution is 5.74.